The minimum Gasteiger partial charge on any atom is -0.395 e. The van der Waals surface area contributed by atoms with Crippen LogP contribution in [0.3, 0.4) is 0 Å². The van der Waals surface area contributed by atoms with E-state index in [-0.39, 0.29) is 23.9 Å². The molecule has 6 heteroatoms. The van der Waals surface area contributed by atoms with E-state index in [0.717, 1.165) is 26.1 Å². The molecule has 0 aromatic carbocycles. The summed E-state index contributed by atoms with van der Waals surface area (Å²) in [7, 11) is 0. The zero-order valence-corrected chi connectivity index (χ0v) is 10.2. The van der Waals surface area contributed by atoms with Crippen molar-refractivity contribution in [3.63, 3.8) is 0 Å². The summed E-state index contributed by atoms with van der Waals surface area (Å²) in [6.45, 7) is 4.03. The first kappa shape index (κ1) is 13.3. The molecule has 1 aliphatic rings. The van der Waals surface area contributed by atoms with Gasteiger partial charge in [0.25, 0.3) is 0 Å². The molecule has 3 N–H and O–H groups in total. The van der Waals surface area contributed by atoms with Crippen molar-refractivity contribution in [2.45, 2.75) is 12.8 Å². The van der Waals surface area contributed by atoms with E-state index in [9.17, 15) is 4.79 Å². The fourth-order valence-corrected chi connectivity index (χ4v) is 1.97. The Hall–Kier alpha value is -0.720. The molecule has 1 saturated heterocycles. The second-order valence-corrected chi connectivity index (χ2v) is 4.47. The maximum absolute atomic E-state index is 11.7. The summed E-state index contributed by atoms with van der Waals surface area (Å²) in [4.78, 5) is 15.9. The number of aliphatic hydroxyl groups excluding tert-OH is 1. The van der Waals surface area contributed by atoms with E-state index in [1.165, 1.54) is 0 Å². The summed E-state index contributed by atoms with van der Waals surface area (Å²) in [5, 5.41) is 8.85. The van der Waals surface area contributed by atoms with Gasteiger partial charge in [0.1, 0.15) is 0 Å². The summed E-state index contributed by atoms with van der Waals surface area (Å²) in [5.74, 6) is 0.0124. The third kappa shape index (κ3) is 4.42. The molecule has 1 amide bonds. The molecule has 0 spiro atoms. The molecule has 0 aromatic rings. The van der Waals surface area contributed by atoms with Crippen molar-refractivity contribution in [3.8, 4) is 0 Å². The van der Waals surface area contributed by atoms with Gasteiger partial charge in [-0.1, -0.05) is 12.2 Å². The first-order valence-electron chi connectivity index (χ1n) is 5.53. The van der Waals surface area contributed by atoms with Crippen LogP contribution < -0.4 is 5.73 Å². The highest BCUT2D eigenvalue weighted by atomic mass is 32.1. The minimum absolute atomic E-state index is 0.0124. The zero-order valence-electron chi connectivity index (χ0n) is 9.39. The summed E-state index contributed by atoms with van der Waals surface area (Å²) < 4.78 is 0. The van der Waals surface area contributed by atoms with Gasteiger partial charge in [0.2, 0.25) is 5.91 Å². The molecular weight excluding hydrogens is 226 g/mol. The van der Waals surface area contributed by atoms with Crippen LogP contribution in [0.1, 0.15) is 12.8 Å². The van der Waals surface area contributed by atoms with Crippen LogP contribution in [0.2, 0.25) is 0 Å². The SMILES string of the molecule is NC(=S)CC(=O)N1CCCN(CCO)CC1. The maximum Gasteiger partial charge on any atom is 0.229 e. The molecule has 0 radical (unpaired) electrons. The fraction of sp³-hybridized carbons (Fsp3) is 0.800. The van der Waals surface area contributed by atoms with Gasteiger partial charge in [0.15, 0.2) is 0 Å². The Labute approximate surface area is 101 Å². The molecule has 5 nitrogen and oxygen atoms in total. The van der Waals surface area contributed by atoms with Gasteiger partial charge in [0.05, 0.1) is 18.0 Å². The molecule has 1 heterocycles. The summed E-state index contributed by atoms with van der Waals surface area (Å²) in [6.07, 6.45) is 1.10. The lowest BCUT2D eigenvalue weighted by Crippen LogP contribution is -2.37. The number of hydrogen-bond acceptors (Lipinski definition) is 4. The van der Waals surface area contributed by atoms with Crippen molar-refractivity contribution >= 4 is 23.1 Å². The van der Waals surface area contributed by atoms with Crippen molar-refractivity contribution in [3.05, 3.63) is 0 Å². The number of thiocarbonyl (C=S) groups is 1. The number of amides is 1. The third-order valence-corrected chi connectivity index (χ3v) is 2.83. The van der Waals surface area contributed by atoms with E-state index in [0.29, 0.717) is 13.1 Å². The molecule has 0 unspecified atom stereocenters. The first-order valence-corrected chi connectivity index (χ1v) is 5.93. The lowest BCUT2D eigenvalue weighted by atomic mass is 10.3. The molecule has 1 fully saturated rings. The molecule has 0 atom stereocenters. The van der Waals surface area contributed by atoms with Crippen LogP contribution in [0.4, 0.5) is 0 Å². The van der Waals surface area contributed by atoms with E-state index in [4.69, 9.17) is 23.1 Å². The second kappa shape index (κ2) is 6.78. The zero-order chi connectivity index (χ0) is 12.0. The molecule has 0 saturated carbocycles. The third-order valence-electron chi connectivity index (χ3n) is 2.68. The normalized spacial score (nSPS) is 18.2. The predicted octanol–water partition coefficient (Wildman–Crippen LogP) is -0.811. The predicted molar refractivity (Wildman–Crippen MR) is 66.1 cm³/mol. The number of aliphatic hydroxyl groups is 1. The van der Waals surface area contributed by atoms with Gasteiger partial charge in [-0.15, -0.1) is 0 Å². The summed E-state index contributed by atoms with van der Waals surface area (Å²) in [6, 6.07) is 0. The molecule has 1 aliphatic heterocycles. The molecule has 16 heavy (non-hydrogen) atoms. The van der Waals surface area contributed by atoms with Crippen molar-refractivity contribution in [2.24, 2.45) is 5.73 Å². The Bertz CT molecular complexity index is 260. The van der Waals surface area contributed by atoms with Crippen molar-refractivity contribution in [1.82, 2.24) is 9.80 Å². The quantitative estimate of drug-likeness (QED) is 0.634. The Balaban J connectivity index is 2.40. The highest BCUT2D eigenvalue weighted by Gasteiger charge is 2.18. The van der Waals surface area contributed by atoms with Gasteiger partial charge in [-0.05, 0) is 13.0 Å². The number of β-amino-alcohol motifs (C(OH)–C–C–N with tert-alkyl or cyclic N) is 1. The average molecular weight is 245 g/mol. The molecular formula is C10H19N3O2S. The second-order valence-electron chi connectivity index (χ2n) is 3.94. The molecule has 1 rings (SSSR count). The maximum atomic E-state index is 11.7. The Morgan fingerprint density at radius 2 is 2.06 bits per heavy atom. The first-order chi connectivity index (χ1) is 7.63. The van der Waals surface area contributed by atoms with Crippen molar-refractivity contribution < 1.29 is 9.90 Å². The Morgan fingerprint density at radius 3 is 2.69 bits per heavy atom. The monoisotopic (exact) mass is 245 g/mol. The number of hydrogen-bond donors (Lipinski definition) is 2. The van der Waals surface area contributed by atoms with Crippen molar-refractivity contribution in [2.75, 3.05) is 39.3 Å². The van der Waals surface area contributed by atoms with Gasteiger partial charge >= 0.3 is 0 Å². The smallest absolute Gasteiger partial charge is 0.229 e. The van der Waals surface area contributed by atoms with Crippen LogP contribution in [-0.2, 0) is 4.79 Å². The number of carbonyl (C=O) groups excluding carboxylic acids is 1. The van der Waals surface area contributed by atoms with Crippen LogP contribution in [0.15, 0.2) is 0 Å². The van der Waals surface area contributed by atoms with Gasteiger partial charge in [-0.2, -0.15) is 0 Å². The number of nitrogens with two attached hydrogens (primary N) is 1. The van der Waals surface area contributed by atoms with Crippen LogP contribution in [0.5, 0.6) is 0 Å². The van der Waals surface area contributed by atoms with Crippen molar-refractivity contribution in [1.29, 1.82) is 0 Å². The topological polar surface area (TPSA) is 69.8 Å². The summed E-state index contributed by atoms with van der Waals surface area (Å²) in [5.41, 5.74) is 5.35. The standard InChI is InChI=1S/C10H19N3O2S/c11-9(16)8-10(15)13-3-1-2-12(4-5-13)6-7-14/h14H,1-8H2,(H2,11,16). The van der Waals surface area contributed by atoms with E-state index in [2.05, 4.69) is 4.90 Å². The van der Waals surface area contributed by atoms with Gasteiger partial charge in [-0.25, -0.2) is 0 Å². The van der Waals surface area contributed by atoms with E-state index in [1.807, 2.05) is 0 Å². The number of rotatable bonds is 4. The van der Waals surface area contributed by atoms with E-state index < -0.39 is 0 Å². The summed E-state index contributed by atoms with van der Waals surface area (Å²) >= 11 is 4.73. The van der Waals surface area contributed by atoms with Crippen LogP contribution in [0.25, 0.3) is 0 Å². The highest BCUT2D eigenvalue weighted by Crippen LogP contribution is 2.04. The largest absolute Gasteiger partial charge is 0.395 e. The van der Waals surface area contributed by atoms with Crippen LogP contribution in [-0.4, -0.2) is 65.1 Å². The van der Waals surface area contributed by atoms with Gasteiger partial charge < -0.3 is 15.7 Å². The lowest BCUT2D eigenvalue weighted by molar-refractivity contribution is -0.129. The number of nitrogens with zero attached hydrogens (tertiary/aromatic N) is 2. The van der Waals surface area contributed by atoms with Crippen LogP contribution >= 0.6 is 12.2 Å². The number of carbonyl (C=O) groups is 1. The Kier molecular flexibility index (Phi) is 5.65. The van der Waals surface area contributed by atoms with E-state index >= 15 is 0 Å². The van der Waals surface area contributed by atoms with Crippen LogP contribution in [0, 0.1) is 0 Å². The Morgan fingerprint density at radius 1 is 1.31 bits per heavy atom. The molecule has 0 bridgehead atoms. The van der Waals surface area contributed by atoms with Gasteiger partial charge in [0, 0.05) is 26.2 Å². The van der Waals surface area contributed by atoms with E-state index in [1.54, 1.807) is 4.90 Å². The molecule has 92 valence electrons. The average Bonchev–Trinajstić information content (AvgIpc) is 2.43. The lowest BCUT2D eigenvalue weighted by Gasteiger charge is -2.21. The van der Waals surface area contributed by atoms with Gasteiger partial charge in [-0.3, -0.25) is 9.69 Å². The minimum atomic E-state index is 0.0124. The molecule has 0 aromatic heterocycles. The highest BCUT2D eigenvalue weighted by molar-refractivity contribution is 7.80. The fourth-order valence-electron chi connectivity index (χ4n) is 1.85. The molecule has 0 aliphatic carbocycles.